The Hall–Kier alpha value is -1.10. The normalized spacial score (nSPS) is 27.1. The minimum atomic E-state index is -0.883. The van der Waals surface area contributed by atoms with Crippen molar-refractivity contribution in [1.29, 1.82) is 0 Å². The van der Waals surface area contributed by atoms with Crippen molar-refractivity contribution < 1.29 is 14.7 Å². The predicted molar refractivity (Wildman–Crippen MR) is 60.0 cm³/mol. The molecule has 16 heavy (non-hydrogen) atoms. The minimum absolute atomic E-state index is 0.0119. The van der Waals surface area contributed by atoms with Crippen molar-refractivity contribution in [2.24, 2.45) is 5.92 Å². The molecule has 1 saturated heterocycles. The lowest BCUT2D eigenvalue weighted by Gasteiger charge is -2.28. The third-order valence-electron chi connectivity index (χ3n) is 2.86. The van der Waals surface area contributed by atoms with Gasteiger partial charge in [-0.1, -0.05) is 0 Å². The second kappa shape index (κ2) is 5.84. The molecule has 0 aliphatic carbocycles. The van der Waals surface area contributed by atoms with E-state index in [9.17, 15) is 9.59 Å². The Labute approximate surface area is 95.6 Å². The van der Waals surface area contributed by atoms with Crippen LogP contribution in [0, 0.1) is 5.92 Å². The van der Waals surface area contributed by atoms with E-state index in [-0.39, 0.29) is 24.3 Å². The van der Waals surface area contributed by atoms with E-state index in [0.29, 0.717) is 6.04 Å². The zero-order chi connectivity index (χ0) is 12.1. The highest BCUT2D eigenvalue weighted by Gasteiger charge is 2.25. The zero-order valence-corrected chi connectivity index (χ0v) is 9.82. The lowest BCUT2D eigenvalue weighted by atomic mass is 9.92. The number of carbonyl (C=O) groups is 2. The number of aliphatic carboxylic acids is 1. The van der Waals surface area contributed by atoms with Gasteiger partial charge in [-0.2, -0.15) is 0 Å². The molecule has 0 spiro atoms. The van der Waals surface area contributed by atoms with E-state index in [0.717, 1.165) is 19.4 Å². The monoisotopic (exact) mass is 228 g/mol. The maximum Gasteiger partial charge on any atom is 0.305 e. The van der Waals surface area contributed by atoms with Crippen molar-refractivity contribution in [3.05, 3.63) is 0 Å². The van der Waals surface area contributed by atoms with Crippen molar-refractivity contribution in [2.45, 2.75) is 45.2 Å². The summed E-state index contributed by atoms with van der Waals surface area (Å²) < 4.78 is 0. The maximum atomic E-state index is 11.8. The van der Waals surface area contributed by atoms with Crippen LogP contribution in [-0.4, -0.2) is 35.6 Å². The molecule has 0 aromatic carbocycles. The minimum Gasteiger partial charge on any atom is -0.481 e. The zero-order valence-electron chi connectivity index (χ0n) is 9.82. The van der Waals surface area contributed by atoms with Crippen LogP contribution in [0.25, 0.3) is 0 Å². The fourth-order valence-corrected chi connectivity index (χ4v) is 2.04. The molecule has 3 N–H and O–H groups in total. The molecule has 5 heteroatoms. The second-order valence-corrected chi connectivity index (χ2v) is 4.58. The quantitative estimate of drug-likeness (QED) is 0.649. The van der Waals surface area contributed by atoms with Gasteiger partial charge in [0.1, 0.15) is 0 Å². The number of piperidine rings is 1. The van der Waals surface area contributed by atoms with Crippen molar-refractivity contribution in [1.82, 2.24) is 10.6 Å². The van der Waals surface area contributed by atoms with E-state index in [1.54, 1.807) is 6.92 Å². The van der Waals surface area contributed by atoms with Crippen LogP contribution in [-0.2, 0) is 9.59 Å². The molecule has 0 radical (unpaired) electrons. The molecule has 5 nitrogen and oxygen atoms in total. The van der Waals surface area contributed by atoms with E-state index in [1.165, 1.54) is 0 Å². The van der Waals surface area contributed by atoms with E-state index in [4.69, 9.17) is 5.11 Å². The van der Waals surface area contributed by atoms with E-state index >= 15 is 0 Å². The Morgan fingerprint density at radius 2 is 2.25 bits per heavy atom. The number of carboxylic acid groups (broad SMARTS) is 1. The first-order valence-corrected chi connectivity index (χ1v) is 5.74. The summed E-state index contributed by atoms with van der Waals surface area (Å²) in [5.41, 5.74) is 0. The summed E-state index contributed by atoms with van der Waals surface area (Å²) in [6.07, 6.45) is 1.63. The maximum absolute atomic E-state index is 11.8. The van der Waals surface area contributed by atoms with Gasteiger partial charge in [0.2, 0.25) is 5.91 Å². The van der Waals surface area contributed by atoms with E-state index in [2.05, 4.69) is 17.6 Å². The number of hydrogen-bond acceptors (Lipinski definition) is 3. The molecule has 3 atom stereocenters. The summed E-state index contributed by atoms with van der Waals surface area (Å²) >= 11 is 0. The fraction of sp³-hybridized carbons (Fsp3) is 0.818. The van der Waals surface area contributed by atoms with Crippen LogP contribution in [0.2, 0.25) is 0 Å². The Balaban J connectivity index is 2.36. The van der Waals surface area contributed by atoms with Gasteiger partial charge in [0.05, 0.1) is 6.42 Å². The summed E-state index contributed by atoms with van der Waals surface area (Å²) in [4.78, 5) is 22.3. The summed E-state index contributed by atoms with van der Waals surface area (Å²) in [5, 5.41) is 14.6. The van der Waals surface area contributed by atoms with Crippen LogP contribution in [0.3, 0.4) is 0 Å². The molecule has 1 amide bonds. The van der Waals surface area contributed by atoms with Crippen LogP contribution in [0.1, 0.15) is 33.1 Å². The third kappa shape index (κ3) is 4.18. The third-order valence-corrected chi connectivity index (χ3v) is 2.86. The molecule has 1 aliphatic rings. The van der Waals surface area contributed by atoms with Crippen molar-refractivity contribution in [3.8, 4) is 0 Å². The molecule has 0 saturated carbocycles. The highest BCUT2D eigenvalue weighted by atomic mass is 16.4. The van der Waals surface area contributed by atoms with Crippen LogP contribution in [0.5, 0.6) is 0 Å². The first-order valence-electron chi connectivity index (χ1n) is 5.74. The Morgan fingerprint density at radius 3 is 2.81 bits per heavy atom. The second-order valence-electron chi connectivity index (χ2n) is 4.58. The van der Waals surface area contributed by atoms with Gasteiger partial charge >= 0.3 is 5.97 Å². The molecular weight excluding hydrogens is 208 g/mol. The van der Waals surface area contributed by atoms with E-state index in [1.807, 2.05) is 0 Å². The summed E-state index contributed by atoms with van der Waals surface area (Å²) in [6, 6.07) is 0.0643. The molecule has 1 aliphatic heterocycles. The van der Waals surface area contributed by atoms with E-state index < -0.39 is 5.97 Å². The van der Waals surface area contributed by atoms with Gasteiger partial charge in [-0.15, -0.1) is 0 Å². The number of amides is 1. The topological polar surface area (TPSA) is 78.4 Å². The Morgan fingerprint density at radius 1 is 1.56 bits per heavy atom. The van der Waals surface area contributed by atoms with Crippen LogP contribution in [0.4, 0.5) is 0 Å². The molecule has 1 fully saturated rings. The standard InChI is InChI=1S/C11H20N2O3/c1-7-5-9(3-4-12-7)11(16)13-8(2)6-10(14)15/h7-9,12H,3-6H2,1-2H3,(H,13,16)(H,14,15). The molecular formula is C11H20N2O3. The van der Waals surface area contributed by atoms with Gasteiger partial charge in [-0.05, 0) is 33.2 Å². The van der Waals surface area contributed by atoms with Crippen molar-refractivity contribution in [3.63, 3.8) is 0 Å². The molecule has 1 rings (SSSR count). The van der Waals surface area contributed by atoms with Gasteiger partial charge in [0.25, 0.3) is 0 Å². The molecule has 92 valence electrons. The number of nitrogens with one attached hydrogen (secondary N) is 2. The first-order chi connectivity index (χ1) is 7.49. The number of rotatable bonds is 4. The first kappa shape index (κ1) is 13.0. The van der Waals surface area contributed by atoms with Gasteiger partial charge in [0.15, 0.2) is 0 Å². The summed E-state index contributed by atoms with van der Waals surface area (Å²) in [6.45, 7) is 4.63. The average molecular weight is 228 g/mol. The summed E-state index contributed by atoms with van der Waals surface area (Å²) in [7, 11) is 0. The highest BCUT2D eigenvalue weighted by molar-refractivity contribution is 5.79. The SMILES string of the molecule is CC1CC(C(=O)NC(C)CC(=O)O)CCN1. The average Bonchev–Trinajstić information content (AvgIpc) is 2.16. The van der Waals surface area contributed by atoms with Crippen molar-refractivity contribution >= 4 is 11.9 Å². The lowest BCUT2D eigenvalue weighted by Crippen LogP contribution is -2.45. The molecule has 0 aromatic rings. The van der Waals surface area contributed by atoms with Crippen LogP contribution >= 0.6 is 0 Å². The lowest BCUT2D eigenvalue weighted by molar-refractivity contribution is -0.137. The summed E-state index contributed by atoms with van der Waals surface area (Å²) in [5.74, 6) is -0.874. The molecule has 1 heterocycles. The largest absolute Gasteiger partial charge is 0.481 e. The predicted octanol–water partition coefficient (Wildman–Crippen LogP) is 0.354. The fourth-order valence-electron chi connectivity index (χ4n) is 2.04. The van der Waals surface area contributed by atoms with Gasteiger partial charge in [-0.25, -0.2) is 0 Å². The number of carbonyl (C=O) groups excluding carboxylic acids is 1. The Bertz CT molecular complexity index is 268. The Kier molecular flexibility index (Phi) is 4.73. The van der Waals surface area contributed by atoms with Crippen LogP contribution in [0.15, 0.2) is 0 Å². The number of hydrogen-bond donors (Lipinski definition) is 3. The smallest absolute Gasteiger partial charge is 0.305 e. The highest BCUT2D eigenvalue weighted by Crippen LogP contribution is 2.16. The van der Waals surface area contributed by atoms with Crippen molar-refractivity contribution in [2.75, 3.05) is 6.54 Å². The molecule has 0 bridgehead atoms. The van der Waals surface area contributed by atoms with Gasteiger partial charge < -0.3 is 15.7 Å². The van der Waals surface area contributed by atoms with Gasteiger partial charge in [-0.3, -0.25) is 9.59 Å². The van der Waals surface area contributed by atoms with Gasteiger partial charge in [0, 0.05) is 18.0 Å². The molecule has 3 unspecified atom stereocenters. The van der Waals surface area contributed by atoms with Crippen LogP contribution < -0.4 is 10.6 Å². The molecule has 0 aromatic heterocycles. The number of carboxylic acids is 1.